The molecule has 0 saturated heterocycles. The molecule has 0 spiro atoms. The largest absolute Gasteiger partial charge is 0.358 e. The van der Waals surface area contributed by atoms with Crippen LogP contribution in [-0.4, -0.2) is 27.9 Å². The van der Waals surface area contributed by atoms with Crippen LogP contribution in [0.1, 0.15) is 5.56 Å². The second-order valence-corrected chi connectivity index (χ2v) is 6.66. The normalized spacial score (nSPS) is 11.4. The Kier molecular flexibility index (Phi) is 5.70. The number of anilines is 1. The molecule has 2 aromatic rings. The van der Waals surface area contributed by atoms with Gasteiger partial charge in [-0.15, -0.1) is 0 Å². The molecule has 0 radical (unpaired) electrons. The second kappa shape index (κ2) is 7.74. The van der Waals surface area contributed by atoms with Crippen LogP contribution in [0.25, 0.3) is 6.08 Å². The van der Waals surface area contributed by atoms with Gasteiger partial charge < -0.3 is 5.32 Å². The van der Waals surface area contributed by atoms with Crippen molar-refractivity contribution in [1.29, 1.82) is 0 Å². The summed E-state index contributed by atoms with van der Waals surface area (Å²) >= 11 is 0. The molecule has 2 aromatic carbocycles. The minimum absolute atomic E-state index is 0.0799. The van der Waals surface area contributed by atoms with Crippen LogP contribution in [0.5, 0.6) is 0 Å². The molecular weight excluding hydrogens is 331 g/mol. The zero-order chi connectivity index (χ0) is 17.6. The number of hydrogen-bond acceptors (Lipinski definition) is 3. The van der Waals surface area contributed by atoms with Crippen molar-refractivity contribution in [3.8, 4) is 0 Å². The number of sulfonamides is 1. The minimum atomic E-state index is -3.97. The van der Waals surface area contributed by atoms with Crippen LogP contribution < -0.4 is 9.62 Å². The van der Waals surface area contributed by atoms with Crippen molar-refractivity contribution in [3.63, 3.8) is 0 Å². The molecule has 0 heterocycles. The Morgan fingerprint density at radius 3 is 2.50 bits per heavy atom. The van der Waals surface area contributed by atoms with Crippen LogP contribution in [0, 0.1) is 5.82 Å². The van der Waals surface area contributed by atoms with Gasteiger partial charge in [0, 0.05) is 7.05 Å². The predicted molar refractivity (Wildman–Crippen MR) is 92.2 cm³/mol. The van der Waals surface area contributed by atoms with Crippen molar-refractivity contribution in [2.24, 2.45) is 0 Å². The number of rotatable bonds is 6. The fourth-order valence-electron chi connectivity index (χ4n) is 1.97. The van der Waals surface area contributed by atoms with Gasteiger partial charge in [0.15, 0.2) is 0 Å². The van der Waals surface area contributed by atoms with Crippen LogP contribution >= 0.6 is 0 Å². The molecule has 0 atom stereocenters. The Morgan fingerprint density at radius 1 is 1.17 bits per heavy atom. The Hall–Kier alpha value is -2.67. The zero-order valence-electron chi connectivity index (χ0n) is 13.0. The van der Waals surface area contributed by atoms with Crippen LogP contribution in [0.2, 0.25) is 0 Å². The quantitative estimate of drug-likeness (QED) is 0.872. The summed E-state index contributed by atoms with van der Waals surface area (Å²) in [6.07, 6.45) is 1.42. The van der Waals surface area contributed by atoms with Crippen molar-refractivity contribution < 1.29 is 17.6 Å². The maximum atomic E-state index is 13.4. The number of hydrogen-bond donors (Lipinski definition) is 1. The Morgan fingerprint density at radius 2 is 1.88 bits per heavy atom. The van der Waals surface area contributed by atoms with Gasteiger partial charge in [0.2, 0.25) is 5.91 Å². The van der Waals surface area contributed by atoms with Crippen LogP contribution in [0.4, 0.5) is 10.1 Å². The van der Waals surface area contributed by atoms with Crippen molar-refractivity contribution in [1.82, 2.24) is 5.32 Å². The summed E-state index contributed by atoms with van der Waals surface area (Å²) in [7, 11) is -2.57. The van der Waals surface area contributed by atoms with E-state index in [0.29, 0.717) is 5.56 Å². The third-order valence-corrected chi connectivity index (χ3v) is 4.64. The predicted octanol–water partition coefficient (Wildman–Crippen LogP) is 2.38. The summed E-state index contributed by atoms with van der Waals surface area (Å²) in [6, 6.07) is 14.0. The lowest BCUT2D eigenvalue weighted by Gasteiger charge is -2.21. The van der Waals surface area contributed by atoms with Gasteiger partial charge in [0.25, 0.3) is 10.0 Å². The van der Waals surface area contributed by atoms with Gasteiger partial charge in [0.05, 0.1) is 11.1 Å². The molecule has 126 valence electrons. The van der Waals surface area contributed by atoms with Gasteiger partial charge in [-0.3, -0.25) is 9.10 Å². The summed E-state index contributed by atoms with van der Waals surface area (Å²) in [4.78, 5) is 11.7. The van der Waals surface area contributed by atoms with Gasteiger partial charge in [0.1, 0.15) is 12.4 Å². The van der Waals surface area contributed by atoms with Gasteiger partial charge >= 0.3 is 0 Å². The molecule has 0 fully saturated rings. The summed E-state index contributed by atoms with van der Waals surface area (Å²) in [5.74, 6) is -1.09. The highest BCUT2D eigenvalue weighted by atomic mass is 32.2. The fraction of sp³-hybridized carbons (Fsp3) is 0.118. The first-order chi connectivity index (χ1) is 11.4. The molecule has 0 aliphatic carbocycles. The number of carbonyl (C=O) groups excluding carboxylic acids is 1. The van der Waals surface area contributed by atoms with E-state index in [4.69, 9.17) is 0 Å². The molecule has 1 amide bonds. The number of nitrogens with zero attached hydrogens (tertiary/aromatic N) is 1. The van der Waals surface area contributed by atoms with Gasteiger partial charge in [-0.25, -0.2) is 12.8 Å². The van der Waals surface area contributed by atoms with Crippen LogP contribution in [0.15, 0.2) is 60.0 Å². The lowest BCUT2D eigenvalue weighted by atomic mass is 10.2. The molecule has 0 aliphatic rings. The zero-order valence-corrected chi connectivity index (χ0v) is 13.8. The molecule has 0 aromatic heterocycles. The van der Waals surface area contributed by atoms with E-state index in [1.54, 1.807) is 24.3 Å². The van der Waals surface area contributed by atoms with Crippen molar-refractivity contribution in [3.05, 3.63) is 71.4 Å². The molecule has 0 saturated carbocycles. The first-order valence-corrected chi connectivity index (χ1v) is 8.65. The number of carbonyl (C=O) groups is 1. The van der Waals surface area contributed by atoms with E-state index in [9.17, 15) is 17.6 Å². The third-order valence-electron chi connectivity index (χ3n) is 3.20. The number of amides is 1. The fourth-order valence-corrected chi connectivity index (χ4v) is 3.15. The molecule has 0 bridgehead atoms. The van der Waals surface area contributed by atoms with Gasteiger partial charge in [-0.2, -0.15) is 0 Å². The van der Waals surface area contributed by atoms with Crippen molar-refractivity contribution in [2.45, 2.75) is 0 Å². The number of likely N-dealkylation sites (N-methyl/N-ethyl adjacent to an activating group) is 1. The highest BCUT2D eigenvalue weighted by Gasteiger charge is 2.22. The molecule has 0 unspecified atom stereocenters. The summed E-state index contributed by atoms with van der Waals surface area (Å²) in [6.45, 7) is -0.443. The molecule has 0 aliphatic heterocycles. The number of benzene rings is 2. The van der Waals surface area contributed by atoms with E-state index in [-0.39, 0.29) is 5.69 Å². The lowest BCUT2D eigenvalue weighted by Crippen LogP contribution is -2.38. The van der Waals surface area contributed by atoms with E-state index in [1.807, 2.05) is 6.07 Å². The van der Waals surface area contributed by atoms with E-state index < -0.39 is 28.3 Å². The number of halogens is 1. The molecule has 7 heteroatoms. The SMILES string of the molecule is CNC(=O)CN(c1cccc(F)c1)S(=O)(=O)/C=C/c1ccccc1. The Bertz CT molecular complexity index is 836. The topological polar surface area (TPSA) is 66.5 Å². The van der Waals surface area contributed by atoms with Crippen LogP contribution in [-0.2, 0) is 14.8 Å². The summed E-state index contributed by atoms with van der Waals surface area (Å²) in [5.41, 5.74) is 0.775. The lowest BCUT2D eigenvalue weighted by molar-refractivity contribution is -0.119. The molecule has 5 nitrogen and oxygen atoms in total. The Labute approximate surface area is 140 Å². The van der Waals surface area contributed by atoms with E-state index in [2.05, 4.69) is 5.32 Å². The molecule has 1 N–H and O–H groups in total. The van der Waals surface area contributed by atoms with Crippen molar-refractivity contribution >= 4 is 27.7 Å². The van der Waals surface area contributed by atoms with Gasteiger partial charge in [-0.05, 0) is 29.8 Å². The first kappa shape index (κ1) is 17.7. The van der Waals surface area contributed by atoms with Crippen molar-refractivity contribution in [2.75, 3.05) is 17.9 Å². The average Bonchev–Trinajstić information content (AvgIpc) is 2.58. The average molecular weight is 348 g/mol. The van der Waals surface area contributed by atoms with E-state index in [1.165, 1.54) is 31.3 Å². The molecule has 2 rings (SSSR count). The maximum absolute atomic E-state index is 13.4. The third kappa shape index (κ3) is 4.66. The molecular formula is C17H17FN2O3S. The second-order valence-electron chi connectivity index (χ2n) is 4.92. The minimum Gasteiger partial charge on any atom is -0.358 e. The number of nitrogens with one attached hydrogen (secondary N) is 1. The summed E-state index contributed by atoms with van der Waals surface area (Å²) < 4.78 is 39.5. The smallest absolute Gasteiger partial charge is 0.257 e. The van der Waals surface area contributed by atoms with E-state index >= 15 is 0 Å². The maximum Gasteiger partial charge on any atom is 0.257 e. The summed E-state index contributed by atoms with van der Waals surface area (Å²) in [5, 5.41) is 3.36. The Balaban J connectivity index is 2.37. The highest BCUT2D eigenvalue weighted by molar-refractivity contribution is 7.95. The molecule has 24 heavy (non-hydrogen) atoms. The van der Waals surface area contributed by atoms with Crippen LogP contribution in [0.3, 0.4) is 0 Å². The first-order valence-electron chi connectivity index (χ1n) is 7.14. The monoisotopic (exact) mass is 348 g/mol. The van der Waals surface area contributed by atoms with Gasteiger partial charge in [-0.1, -0.05) is 36.4 Å². The van der Waals surface area contributed by atoms with E-state index in [0.717, 1.165) is 15.8 Å². The standard InChI is InChI=1S/C17H17FN2O3S/c1-19-17(21)13-20(16-9-5-8-15(18)12-16)24(22,23)11-10-14-6-3-2-4-7-14/h2-12H,13H2,1H3,(H,19,21)/b11-10+. The highest BCUT2D eigenvalue weighted by Crippen LogP contribution is 2.20.